The number of rotatable bonds is 7. The summed E-state index contributed by atoms with van der Waals surface area (Å²) in [5.74, 6) is 0.949. The molecular formula is C12H20N2O2S2. The van der Waals surface area contributed by atoms with E-state index in [1.165, 1.54) is 7.05 Å². The maximum Gasteiger partial charge on any atom is 0.242 e. The molecule has 0 bridgehead atoms. The second kappa shape index (κ2) is 7.01. The van der Waals surface area contributed by atoms with Gasteiger partial charge in [-0.25, -0.2) is 13.1 Å². The van der Waals surface area contributed by atoms with Gasteiger partial charge in [0.15, 0.2) is 0 Å². The topological polar surface area (TPSA) is 58.2 Å². The lowest BCUT2D eigenvalue weighted by Crippen LogP contribution is -2.25. The van der Waals surface area contributed by atoms with Crippen molar-refractivity contribution in [3.8, 4) is 0 Å². The Bertz CT molecular complexity index is 475. The standard InChI is InChI=1S/C12H20N2O2S2/c1-4-10(9-17-3)14-11-7-5-6-8-12(11)18(15,16)13-2/h5-8,10,13-14H,4,9H2,1-3H3. The molecule has 0 fully saturated rings. The van der Waals surface area contributed by atoms with E-state index in [1.807, 2.05) is 12.3 Å². The van der Waals surface area contributed by atoms with E-state index < -0.39 is 10.0 Å². The van der Waals surface area contributed by atoms with Gasteiger partial charge in [0.1, 0.15) is 4.90 Å². The molecule has 0 radical (unpaired) electrons. The van der Waals surface area contributed by atoms with Crippen LogP contribution >= 0.6 is 11.8 Å². The molecule has 1 unspecified atom stereocenters. The molecule has 1 rings (SSSR count). The molecule has 0 aliphatic heterocycles. The fourth-order valence-corrected chi connectivity index (χ4v) is 3.23. The van der Waals surface area contributed by atoms with Crippen molar-refractivity contribution in [1.82, 2.24) is 4.72 Å². The quantitative estimate of drug-likeness (QED) is 0.807. The SMILES string of the molecule is CCC(CSC)Nc1ccccc1S(=O)(=O)NC. The van der Waals surface area contributed by atoms with Gasteiger partial charge in [-0.1, -0.05) is 19.1 Å². The van der Waals surface area contributed by atoms with Crippen LogP contribution < -0.4 is 10.0 Å². The van der Waals surface area contributed by atoms with Crippen LogP contribution in [0.15, 0.2) is 29.2 Å². The molecule has 0 aliphatic carbocycles. The first-order valence-corrected chi connectivity index (χ1v) is 8.71. The van der Waals surface area contributed by atoms with Gasteiger partial charge in [-0.2, -0.15) is 11.8 Å². The van der Waals surface area contributed by atoms with E-state index in [4.69, 9.17) is 0 Å². The Hall–Kier alpha value is -0.720. The van der Waals surface area contributed by atoms with Crippen molar-refractivity contribution in [1.29, 1.82) is 0 Å². The monoisotopic (exact) mass is 288 g/mol. The number of hydrogen-bond donors (Lipinski definition) is 2. The molecule has 0 spiro atoms. The van der Waals surface area contributed by atoms with E-state index in [0.717, 1.165) is 12.2 Å². The first-order valence-electron chi connectivity index (χ1n) is 5.83. The highest BCUT2D eigenvalue weighted by Crippen LogP contribution is 2.22. The average molecular weight is 288 g/mol. The third-order valence-electron chi connectivity index (χ3n) is 2.67. The van der Waals surface area contributed by atoms with Crippen molar-refractivity contribution in [2.45, 2.75) is 24.3 Å². The average Bonchev–Trinajstić information content (AvgIpc) is 2.38. The number of hydrogen-bond acceptors (Lipinski definition) is 4. The highest BCUT2D eigenvalue weighted by Gasteiger charge is 2.17. The maximum atomic E-state index is 11.9. The maximum absolute atomic E-state index is 11.9. The molecule has 2 N–H and O–H groups in total. The Balaban J connectivity index is 3.03. The minimum Gasteiger partial charge on any atom is -0.380 e. The third kappa shape index (κ3) is 3.90. The number of para-hydroxylation sites is 1. The van der Waals surface area contributed by atoms with Crippen LogP contribution in [-0.2, 0) is 10.0 Å². The summed E-state index contributed by atoms with van der Waals surface area (Å²) in [5, 5.41) is 3.30. The summed E-state index contributed by atoms with van der Waals surface area (Å²) >= 11 is 1.75. The van der Waals surface area contributed by atoms with Crippen molar-refractivity contribution >= 4 is 27.5 Å². The van der Waals surface area contributed by atoms with Crippen LogP contribution in [0.3, 0.4) is 0 Å². The summed E-state index contributed by atoms with van der Waals surface area (Å²) in [7, 11) is -1.99. The molecule has 0 aromatic heterocycles. The second-order valence-electron chi connectivity index (χ2n) is 3.91. The van der Waals surface area contributed by atoms with Crippen molar-refractivity contribution in [2.24, 2.45) is 0 Å². The Morgan fingerprint density at radius 3 is 2.56 bits per heavy atom. The molecule has 1 atom stereocenters. The zero-order valence-corrected chi connectivity index (χ0v) is 12.6. The highest BCUT2D eigenvalue weighted by atomic mass is 32.2. The fraction of sp³-hybridized carbons (Fsp3) is 0.500. The Morgan fingerprint density at radius 2 is 2.00 bits per heavy atom. The lowest BCUT2D eigenvalue weighted by atomic mass is 10.2. The number of sulfonamides is 1. The largest absolute Gasteiger partial charge is 0.380 e. The Morgan fingerprint density at radius 1 is 1.33 bits per heavy atom. The number of nitrogens with one attached hydrogen (secondary N) is 2. The van der Waals surface area contributed by atoms with Crippen LogP contribution in [0.1, 0.15) is 13.3 Å². The van der Waals surface area contributed by atoms with Gasteiger partial charge in [0.25, 0.3) is 0 Å². The van der Waals surface area contributed by atoms with Crippen molar-refractivity contribution in [3.05, 3.63) is 24.3 Å². The molecule has 6 heteroatoms. The molecule has 102 valence electrons. The summed E-state index contributed by atoms with van der Waals surface area (Å²) in [6.45, 7) is 2.09. The first-order chi connectivity index (χ1) is 8.55. The van der Waals surface area contributed by atoms with E-state index >= 15 is 0 Å². The van der Waals surface area contributed by atoms with Crippen LogP contribution in [0.2, 0.25) is 0 Å². The van der Waals surface area contributed by atoms with Gasteiger partial charge in [0, 0.05) is 11.8 Å². The van der Waals surface area contributed by atoms with Gasteiger partial charge in [-0.15, -0.1) is 0 Å². The smallest absolute Gasteiger partial charge is 0.242 e. The van der Waals surface area contributed by atoms with Crippen LogP contribution in [0.25, 0.3) is 0 Å². The summed E-state index contributed by atoms with van der Waals surface area (Å²) in [6.07, 6.45) is 3.00. The molecule has 0 saturated heterocycles. The Labute approximate surface area is 114 Å². The van der Waals surface area contributed by atoms with E-state index in [9.17, 15) is 8.42 Å². The summed E-state index contributed by atoms with van der Waals surface area (Å²) in [5.41, 5.74) is 0.660. The summed E-state index contributed by atoms with van der Waals surface area (Å²) < 4.78 is 26.1. The van der Waals surface area contributed by atoms with Crippen molar-refractivity contribution in [3.63, 3.8) is 0 Å². The number of thioether (sulfide) groups is 1. The van der Waals surface area contributed by atoms with E-state index in [1.54, 1.807) is 30.0 Å². The fourth-order valence-electron chi connectivity index (χ4n) is 1.61. The number of anilines is 1. The van der Waals surface area contributed by atoms with Gasteiger partial charge >= 0.3 is 0 Å². The molecule has 0 heterocycles. The molecule has 18 heavy (non-hydrogen) atoms. The van der Waals surface area contributed by atoms with E-state index in [0.29, 0.717) is 10.6 Å². The van der Waals surface area contributed by atoms with Crippen molar-refractivity contribution < 1.29 is 8.42 Å². The molecule has 0 amide bonds. The third-order valence-corrected chi connectivity index (χ3v) is 4.87. The minimum absolute atomic E-state index is 0.271. The molecule has 1 aromatic carbocycles. The zero-order valence-electron chi connectivity index (χ0n) is 10.9. The van der Waals surface area contributed by atoms with Gasteiger partial charge < -0.3 is 5.32 Å². The van der Waals surface area contributed by atoms with E-state index in [2.05, 4.69) is 17.0 Å². The normalized spacial score (nSPS) is 13.3. The van der Waals surface area contributed by atoms with Gasteiger partial charge in [0.05, 0.1) is 5.69 Å². The van der Waals surface area contributed by atoms with Crippen LogP contribution in [0.5, 0.6) is 0 Å². The molecule has 0 saturated carbocycles. The van der Waals surface area contributed by atoms with E-state index in [-0.39, 0.29) is 6.04 Å². The zero-order chi connectivity index (χ0) is 13.6. The number of benzene rings is 1. The van der Waals surface area contributed by atoms with Crippen LogP contribution in [0, 0.1) is 0 Å². The molecule has 1 aromatic rings. The Kier molecular flexibility index (Phi) is 5.98. The lowest BCUT2D eigenvalue weighted by molar-refractivity contribution is 0.588. The molecular weight excluding hydrogens is 268 g/mol. The van der Waals surface area contributed by atoms with Crippen LogP contribution in [-0.4, -0.2) is 33.5 Å². The van der Waals surface area contributed by atoms with Gasteiger partial charge in [-0.3, -0.25) is 0 Å². The lowest BCUT2D eigenvalue weighted by Gasteiger charge is -2.19. The van der Waals surface area contributed by atoms with Gasteiger partial charge in [0.2, 0.25) is 10.0 Å². The molecule has 0 aliphatic rings. The first kappa shape index (κ1) is 15.3. The second-order valence-corrected chi connectivity index (χ2v) is 6.67. The predicted molar refractivity (Wildman–Crippen MR) is 78.8 cm³/mol. The molecule has 4 nitrogen and oxygen atoms in total. The van der Waals surface area contributed by atoms with Crippen LogP contribution in [0.4, 0.5) is 5.69 Å². The van der Waals surface area contributed by atoms with Gasteiger partial charge in [-0.05, 0) is 31.9 Å². The predicted octanol–water partition coefficient (Wildman–Crippen LogP) is 2.15. The summed E-state index contributed by atoms with van der Waals surface area (Å²) in [6, 6.07) is 7.24. The minimum atomic E-state index is -3.42. The van der Waals surface area contributed by atoms with Crippen molar-refractivity contribution in [2.75, 3.05) is 24.4 Å². The summed E-state index contributed by atoms with van der Waals surface area (Å²) in [4.78, 5) is 0.298. The highest BCUT2D eigenvalue weighted by molar-refractivity contribution is 7.98.